The summed E-state index contributed by atoms with van der Waals surface area (Å²) in [5.41, 5.74) is 0.0466. The van der Waals surface area contributed by atoms with Crippen LogP contribution in [-0.4, -0.2) is 27.5 Å². The van der Waals surface area contributed by atoms with Crippen LogP contribution in [-0.2, 0) is 17.9 Å². The molecule has 1 saturated carbocycles. The number of nitrogens with zero attached hydrogens (tertiary/aromatic N) is 2. The lowest BCUT2D eigenvalue weighted by Gasteiger charge is -2.20. The summed E-state index contributed by atoms with van der Waals surface area (Å²) in [5, 5.41) is 6.36. The Kier molecular flexibility index (Phi) is 4.24. The van der Waals surface area contributed by atoms with Gasteiger partial charge in [-0.3, -0.25) is 4.79 Å². The molecular formula is C14H24N4O. The fourth-order valence-corrected chi connectivity index (χ4v) is 1.79. The van der Waals surface area contributed by atoms with Crippen LogP contribution in [0.2, 0.25) is 0 Å². The molecular weight excluding hydrogens is 240 g/mol. The molecule has 1 aliphatic rings. The largest absolute Gasteiger partial charge is 0.354 e. The van der Waals surface area contributed by atoms with E-state index in [1.165, 1.54) is 12.8 Å². The molecule has 0 saturated heterocycles. The summed E-state index contributed by atoms with van der Waals surface area (Å²) in [6, 6.07) is 0. The van der Waals surface area contributed by atoms with Gasteiger partial charge in [-0.05, 0) is 39.5 Å². The predicted octanol–water partition coefficient (Wildman–Crippen LogP) is 1.30. The molecule has 0 atom stereocenters. The van der Waals surface area contributed by atoms with Crippen LogP contribution >= 0.6 is 0 Å². The Morgan fingerprint density at radius 1 is 1.47 bits per heavy atom. The number of aromatic nitrogens is 2. The number of hydrogen-bond acceptors (Lipinski definition) is 3. The first-order valence-electron chi connectivity index (χ1n) is 6.96. The van der Waals surface area contributed by atoms with Crippen molar-refractivity contribution in [3.05, 3.63) is 18.2 Å². The highest BCUT2D eigenvalue weighted by atomic mass is 16.1. The van der Waals surface area contributed by atoms with Gasteiger partial charge in [0.15, 0.2) is 0 Å². The lowest BCUT2D eigenvalue weighted by Crippen LogP contribution is -2.36. The Bertz CT molecular complexity index is 429. The number of carbonyl (C=O) groups excluding carboxylic acids is 1. The summed E-state index contributed by atoms with van der Waals surface area (Å²) in [7, 11) is 0. The molecule has 2 rings (SSSR count). The molecule has 0 radical (unpaired) electrons. The van der Waals surface area contributed by atoms with Crippen LogP contribution in [0.25, 0.3) is 0 Å². The van der Waals surface area contributed by atoms with Crippen molar-refractivity contribution in [2.75, 3.05) is 6.54 Å². The van der Waals surface area contributed by atoms with E-state index in [4.69, 9.17) is 0 Å². The van der Waals surface area contributed by atoms with Gasteiger partial charge in [0, 0.05) is 24.5 Å². The summed E-state index contributed by atoms with van der Waals surface area (Å²) in [5.74, 6) is 1.69. The first-order valence-corrected chi connectivity index (χ1v) is 6.96. The molecule has 1 heterocycles. The second-order valence-corrected chi connectivity index (χ2v) is 6.32. The average Bonchev–Trinajstić information content (AvgIpc) is 3.04. The highest BCUT2D eigenvalue weighted by molar-refractivity contribution is 5.75. The second-order valence-electron chi connectivity index (χ2n) is 6.32. The molecule has 1 aromatic rings. The van der Waals surface area contributed by atoms with Gasteiger partial charge in [-0.25, -0.2) is 4.98 Å². The van der Waals surface area contributed by atoms with E-state index >= 15 is 0 Å². The topological polar surface area (TPSA) is 59.0 Å². The third-order valence-electron chi connectivity index (χ3n) is 3.18. The molecule has 1 aliphatic carbocycles. The van der Waals surface area contributed by atoms with Gasteiger partial charge >= 0.3 is 0 Å². The van der Waals surface area contributed by atoms with E-state index in [9.17, 15) is 4.79 Å². The van der Waals surface area contributed by atoms with Crippen LogP contribution < -0.4 is 10.6 Å². The van der Waals surface area contributed by atoms with Gasteiger partial charge in [-0.1, -0.05) is 0 Å². The standard InChI is InChI=1S/C14H24N4O/c1-14(2,3)17-9-12-15-6-7-18(12)10-13(19)16-8-11-4-5-11/h6-7,11,17H,4-5,8-10H2,1-3H3,(H,16,19). The van der Waals surface area contributed by atoms with E-state index < -0.39 is 0 Å². The van der Waals surface area contributed by atoms with Crippen LogP contribution in [0.15, 0.2) is 12.4 Å². The second kappa shape index (κ2) is 5.74. The van der Waals surface area contributed by atoms with Crippen LogP contribution in [0.5, 0.6) is 0 Å². The Balaban J connectivity index is 1.82. The number of rotatable bonds is 6. The van der Waals surface area contributed by atoms with E-state index in [2.05, 4.69) is 36.4 Å². The molecule has 2 N–H and O–H groups in total. The molecule has 19 heavy (non-hydrogen) atoms. The Hall–Kier alpha value is -1.36. The lowest BCUT2D eigenvalue weighted by molar-refractivity contribution is -0.121. The summed E-state index contributed by atoms with van der Waals surface area (Å²) in [6.45, 7) is 8.19. The van der Waals surface area contributed by atoms with Crippen molar-refractivity contribution in [2.45, 2.75) is 52.2 Å². The van der Waals surface area contributed by atoms with Crippen molar-refractivity contribution in [3.63, 3.8) is 0 Å². The minimum Gasteiger partial charge on any atom is -0.354 e. The minimum absolute atomic E-state index is 0.0466. The van der Waals surface area contributed by atoms with Crippen LogP contribution in [0.4, 0.5) is 0 Å². The number of hydrogen-bond donors (Lipinski definition) is 2. The van der Waals surface area contributed by atoms with E-state index in [1.54, 1.807) is 6.20 Å². The number of imidazole rings is 1. The van der Waals surface area contributed by atoms with Crippen molar-refractivity contribution in [3.8, 4) is 0 Å². The fraction of sp³-hybridized carbons (Fsp3) is 0.714. The minimum atomic E-state index is 0.0466. The maximum Gasteiger partial charge on any atom is 0.239 e. The Labute approximate surface area is 114 Å². The summed E-state index contributed by atoms with van der Waals surface area (Å²) >= 11 is 0. The smallest absolute Gasteiger partial charge is 0.239 e. The number of amides is 1. The molecule has 1 amide bonds. The maximum atomic E-state index is 11.8. The zero-order chi connectivity index (χ0) is 13.9. The molecule has 5 nitrogen and oxygen atoms in total. The molecule has 0 unspecified atom stereocenters. The normalized spacial score (nSPS) is 15.5. The Morgan fingerprint density at radius 2 is 2.21 bits per heavy atom. The third-order valence-corrected chi connectivity index (χ3v) is 3.18. The first-order chi connectivity index (χ1) is 8.94. The van der Waals surface area contributed by atoms with Gasteiger partial charge in [0.2, 0.25) is 5.91 Å². The van der Waals surface area contributed by atoms with E-state index in [0.29, 0.717) is 19.0 Å². The molecule has 1 fully saturated rings. The van der Waals surface area contributed by atoms with E-state index in [-0.39, 0.29) is 11.4 Å². The summed E-state index contributed by atoms with van der Waals surface area (Å²) in [4.78, 5) is 16.1. The zero-order valence-corrected chi connectivity index (χ0v) is 12.1. The van der Waals surface area contributed by atoms with E-state index in [1.807, 2.05) is 10.8 Å². The predicted molar refractivity (Wildman–Crippen MR) is 74.6 cm³/mol. The Morgan fingerprint density at radius 3 is 2.84 bits per heavy atom. The van der Waals surface area contributed by atoms with Gasteiger partial charge in [0.05, 0.1) is 6.54 Å². The van der Waals surface area contributed by atoms with Gasteiger partial charge in [-0.15, -0.1) is 0 Å². The molecule has 0 aromatic carbocycles. The van der Waals surface area contributed by atoms with Gasteiger partial charge in [0.1, 0.15) is 12.4 Å². The van der Waals surface area contributed by atoms with Crippen LogP contribution in [0.1, 0.15) is 39.4 Å². The average molecular weight is 264 g/mol. The molecule has 106 valence electrons. The van der Waals surface area contributed by atoms with Crippen molar-refractivity contribution < 1.29 is 4.79 Å². The fourth-order valence-electron chi connectivity index (χ4n) is 1.79. The van der Waals surface area contributed by atoms with Crippen molar-refractivity contribution in [1.82, 2.24) is 20.2 Å². The number of nitrogens with one attached hydrogen (secondary N) is 2. The number of carbonyl (C=O) groups is 1. The highest BCUT2D eigenvalue weighted by Crippen LogP contribution is 2.27. The van der Waals surface area contributed by atoms with Crippen LogP contribution in [0, 0.1) is 5.92 Å². The zero-order valence-electron chi connectivity index (χ0n) is 12.1. The lowest BCUT2D eigenvalue weighted by atomic mass is 10.1. The van der Waals surface area contributed by atoms with Crippen molar-refractivity contribution in [1.29, 1.82) is 0 Å². The van der Waals surface area contributed by atoms with Crippen LogP contribution in [0.3, 0.4) is 0 Å². The molecule has 1 aromatic heterocycles. The first kappa shape index (κ1) is 14.1. The molecule has 0 aliphatic heterocycles. The SMILES string of the molecule is CC(C)(C)NCc1nccn1CC(=O)NCC1CC1. The highest BCUT2D eigenvalue weighted by Gasteiger charge is 2.21. The van der Waals surface area contributed by atoms with Gasteiger partial charge in [-0.2, -0.15) is 0 Å². The molecule has 5 heteroatoms. The monoisotopic (exact) mass is 264 g/mol. The van der Waals surface area contributed by atoms with Crippen molar-refractivity contribution in [2.24, 2.45) is 5.92 Å². The molecule has 0 spiro atoms. The quantitative estimate of drug-likeness (QED) is 0.814. The van der Waals surface area contributed by atoms with E-state index in [0.717, 1.165) is 12.4 Å². The van der Waals surface area contributed by atoms with Gasteiger partial charge in [0.25, 0.3) is 0 Å². The third kappa shape index (κ3) is 5.03. The molecule has 0 bridgehead atoms. The van der Waals surface area contributed by atoms with Crippen molar-refractivity contribution >= 4 is 5.91 Å². The summed E-state index contributed by atoms with van der Waals surface area (Å²) < 4.78 is 1.90. The van der Waals surface area contributed by atoms with Gasteiger partial charge < -0.3 is 15.2 Å². The maximum absolute atomic E-state index is 11.8. The summed E-state index contributed by atoms with van der Waals surface area (Å²) in [6.07, 6.45) is 6.11.